The van der Waals surface area contributed by atoms with Gasteiger partial charge in [-0.05, 0) is 49.1 Å². The Labute approximate surface area is 388 Å². The fourth-order valence-corrected chi connectivity index (χ4v) is 11.1. The van der Waals surface area contributed by atoms with Crippen molar-refractivity contribution in [1.82, 2.24) is 5.32 Å². The number of esters is 3. The van der Waals surface area contributed by atoms with E-state index in [0.717, 1.165) is 19.8 Å². The summed E-state index contributed by atoms with van der Waals surface area (Å²) < 4.78 is 36.7. The zero-order valence-electron chi connectivity index (χ0n) is 38.5. The van der Waals surface area contributed by atoms with Crippen molar-refractivity contribution >= 4 is 29.6 Å². The SMILES string of the molecule is CCCCCC(=O)N[C@@H](c1ccccc1)[C@@H](O)C(=O)O[C@H]1C[C@@]2(O)[C@@H](OC(=O)c3ccccc3)[C@@H]3[C@]4(OC(C)=O)CO[C@@H]4C[C@H](O[C@@H]4OC[C@@H](O)[C@H](O)[C@H]4O)[C@@]3(C)C(=O)[C@H](O)C(=C1C)C2(C)C. The number of Topliss-reactive ketones (excluding diaryl/α,β-unsaturated/α-hetero) is 1. The Balaban J connectivity index is 1.37. The molecule has 2 aliphatic heterocycles. The molecule has 2 aromatic rings. The lowest BCUT2D eigenvalue weighted by Gasteiger charge is -2.68. The second kappa shape index (κ2) is 19.4. The maximum Gasteiger partial charge on any atom is 0.338 e. The van der Waals surface area contributed by atoms with Gasteiger partial charge < -0.3 is 64.4 Å². The lowest BCUT2D eigenvalue weighted by atomic mass is 9.44. The smallest absolute Gasteiger partial charge is 0.338 e. The predicted molar refractivity (Wildman–Crippen MR) is 233 cm³/mol. The molecule has 2 bridgehead atoms. The summed E-state index contributed by atoms with van der Waals surface area (Å²) >= 11 is 0. The zero-order chi connectivity index (χ0) is 48.8. The molecule has 0 radical (unpaired) electrons. The molecule has 5 aliphatic rings. The van der Waals surface area contributed by atoms with Gasteiger partial charge in [0.1, 0.15) is 48.3 Å². The van der Waals surface area contributed by atoms with Crippen LogP contribution in [-0.4, -0.2) is 146 Å². The lowest BCUT2D eigenvalue weighted by molar-refractivity contribution is -0.366. The van der Waals surface area contributed by atoms with E-state index in [-0.39, 0.29) is 36.2 Å². The fourth-order valence-electron chi connectivity index (χ4n) is 11.1. The number of aliphatic hydroxyl groups is 6. The van der Waals surface area contributed by atoms with E-state index >= 15 is 4.79 Å². The molecular weight excluding hydrogens is 875 g/mol. The molecular formula is C49H63NO17. The molecule has 4 fully saturated rings. The van der Waals surface area contributed by atoms with Gasteiger partial charge in [0.05, 0.1) is 42.3 Å². The molecule has 1 amide bonds. The highest BCUT2D eigenvalue weighted by molar-refractivity contribution is 5.94. The van der Waals surface area contributed by atoms with Gasteiger partial charge in [0.15, 0.2) is 23.8 Å². The van der Waals surface area contributed by atoms with E-state index in [1.165, 1.54) is 39.8 Å². The van der Waals surface area contributed by atoms with Gasteiger partial charge in [-0.3, -0.25) is 14.4 Å². The van der Waals surface area contributed by atoms with E-state index in [9.17, 15) is 49.8 Å². The Kier molecular flexibility index (Phi) is 14.6. The fraction of sp³-hybridized carbons (Fsp3) is 0.612. The number of fused-ring (bicyclic) bond motifs is 5. The van der Waals surface area contributed by atoms with Crippen LogP contribution in [-0.2, 0) is 47.6 Å². The van der Waals surface area contributed by atoms with Gasteiger partial charge in [-0.25, -0.2) is 9.59 Å². The summed E-state index contributed by atoms with van der Waals surface area (Å²) in [5.41, 5.74) is -7.69. The molecule has 7 rings (SSSR count). The summed E-state index contributed by atoms with van der Waals surface area (Å²) in [6.07, 6.45) is -15.2. The average Bonchev–Trinajstić information content (AvgIpc) is 3.29. The number of aliphatic hydroxyl groups excluding tert-OH is 5. The highest BCUT2D eigenvalue weighted by Crippen LogP contribution is 2.65. The zero-order valence-corrected chi connectivity index (χ0v) is 38.5. The Morgan fingerprint density at radius 1 is 0.910 bits per heavy atom. The summed E-state index contributed by atoms with van der Waals surface area (Å²) in [5.74, 6) is -6.02. The highest BCUT2D eigenvalue weighted by atomic mass is 16.7. The van der Waals surface area contributed by atoms with E-state index < -0.39 is 138 Å². The molecule has 3 aliphatic carbocycles. The van der Waals surface area contributed by atoms with E-state index in [1.807, 2.05) is 6.92 Å². The van der Waals surface area contributed by atoms with Crippen LogP contribution in [0.2, 0.25) is 0 Å². The summed E-state index contributed by atoms with van der Waals surface area (Å²) in [5, 5.41) is 72.8. The molecule has 18 nitrogen and oxygen atoms in total. The summed E-state index contributed by atoms with van der Waals surface area (Å²) in [6, 6.07) is 14.8. The standard InChI is InChI=1S/C49H63NO17/c1-7-8-11-20-33(53)50-35(27-16-12-9-13-17-27)38(56)44(60)64-30-22-49(61)42(66-43(59)28-18-14-10-15-19-28)40-47(6,41(58)37(55)34(25(30)2)46(49,4)5)31(21-32-48(40,24-63-32)67-26(3)51)65-45-39(57)36(54)29(52)23-62-45/h9-10,12-19,29-32,35-40,42,45,52,54-57,61H,7-8,11,20-24H2,1-6H3,(H,50,53)/t29-,30+,31+,32-,35+,36+,37-,38-,39-,40+,42+,45+,47-,48+,49-/m1/s1. The molecule has 0 aromatic heterocycles. The lowest BCUT2D eigenvalue weighted by Crippen LogP contribution is -2.82. The number of hydrogen-bond donors (Lipinski definition) is 7. The van der Waals surface area contributed by atoms with Crippen LogP contribution in [0.25, 0.3) is 0 Å². The third-order valence-electron chi connectivity index (χ3n) is 14.9. The van der Waals surface area contributed by atoms with Crippen LogP contribution in [0.5, 0.6) is 0 Å². The van der Waals surface area contributed by atoms with Crippen molar-refractivity contribution in [1.29, 1.82) is 0 Å². The minimum absolute atomic E-state index is 0.0365. The number of amides is 1. The second-order valence-corrected chi connectivity index (χ2v) is 19.3. The number of rotatable bonds is 14. The van der Waals surface area contributed by atoms with Gasteiger partial charge in [0.2, 0.25) is 5.91 Å². The van der Waals surface area contributed by atoms with Crippen LogP contribution in [0, 0.1) is 16.7 Å². The molecule has 2 heterocycles. The number of ketones is 1. The molecule has 0 unspecified atom stereocenters. The molecule has 15 atom stereocenters. The van der Waals surface area contributed by atoms with E-state index in [0.29, 0.717) is 12.0 Å². The number of benzene rings is 2. The Bertz CT molecular complexity index is 2200. The first kappa shape index (κ1) is 50.3. The summed E-state index contributed by atoms with van der Waals surface area (Å²) in [7, 11) is 0. The van der Waals surface area contributed by atoms with Crippen molar-refractivity contribution in [2.24, 2.45) is 16.7 Å². The van der Waals surface area contributed by atoms with Crippen molar-refractivity contribution in [2.45, 2.75) is 159 Å². The molecule has 67 heavy (non-hydrogen) atoms. The first-order valence-corrected chi connectivity index (χ1v) is 22.9. The van der Waals surface area contributed by atoms with Gasteiger partial charge in [-0.2, -0.15) is 0 Å². The predicted octanol–water partition coefficient (Wildman–Crippen LogP) is 1.89. The molecule has 2 saturated carbocycles. The number of carbonyl (C=O) groups is 5. The quantitative estimate of drug-likeness (QED) is 0.0617. The van der Waals surface area contributed by atoms with Crippen LogP contribution in [0.15, 0.2) is 71.8 Å². The van der Waals surface area contributed by atoms with Gasteiger partial charge in [0.25, 0.3) is 0 Å². The molecule has 2 saturated heterocycles. The maximum atomic E-state index is 15.7. The summed E-state index contributed by atoms with van der Waals surface area (Å²) in [4.78, 5) is 70.8. The minimum atomic E-state index is -2.45. The number of ether oxygens (including phenoxy) is 6. The third kappa shape index (κ3) is 8.85. The van der Waals surface area contributed by atoms with E-state index in [2.05, 4.69) is 5.32 Å². The Morgan fingerprint density at radius 3 is 2.18 bits per heavy atom. The Morgan fingerprint density at radius 2 is 1.57 bits per heavy atom. The van der Waals surface area contributed by atoms with Gasteiger partial charge in [-0.15, -0.1) is 0 Å². The number of nitrogens with one attached hydrogen (secondary N) is 1. The van der Waals surface area contributed by atoms with Crippen molar-refractivity contribution in [3.63, 3.8) is 0 Å². The molecule has 0 spiro atoms. The molecule has 18 heteroatoms. The van der Waals surface area contributed by atoms with Gasteiger partial charge in [-0.1, -0.05) is 82.1 Å². The molecule has 7 N–H and O–H groups in total. The largest absolute Gasteiger partial charge is 0.456 e. The topological polar surface area (TPSA) is 274 Å². The third-order valence-corrected chi connectivity index (χ3v) is 14.9. The molecule has 2 aromatic carbocycles. The maximum absolute atomic E-state index is 15.7. The number of hydrogen-bond acceptors (Lipinski definition) is 17. The van der Waals surface area contributed by atoms with Crippen LogP contribution >= 0.6 is 0 Å². The van der Waals surface area contributed by atoms with Gasteiger partial charge in [0, 0.05) is 31.6 Å². The van der Waals surface area contributed by atoms with E-state index in [4.69, 9.17) is 28.4 Å². The first-order valence-electron chi connectivity index (χ1n) is 22.9. The van der Waals surface area contributed by atoms with Crippen molar-refractivity contribution in [2.75, 3.05) is 13.2 Å². The normalized spacial score (nSPS) is 36.4. The van der Waals surface area contributed by atoms with Crippen LogP contribution in [0.1, 0.15) is 102 Å². The van der Waals surface area contributed by atoms with Crippen LogP contribution in [0.4, 0.5) is 0 Å². The van der Waals surface area contributed by atoms with Crippen molar-refractivity contribution in [3.05, 3.63) is 82.9 Å². The highest BCUT2D eigenvalue weighted by Gasteiger charge is 2.78. The average molecular weight is 938 g/mol. The number of unbranched alkanes of at least 4 members (excludes halogenated alkanes) is 2. The van der Waals surface area contributed by atoms with Crippen LogP contribution in [0.3, 0.4) is 0 Å². The van der Waals surface area contributed by atoms with E-state index in [1.54, 1.807) is 48.5 Å². The monoisotopic (exact) mass is 937 g/mol. The summed E-state index contributed by atoms with van der Waals surface area (Å²) in [6.45, 7) is 8.25. The molecule has 366 valence electrons. The van der Waals surface area contributed by atoms with Gasteiger partial charge >= 0.3 is 17.9 Å². The second-order valence-electron chi connectivity index (χ2n) is 19.3. The van der Waals surface area contributed by atoms with Crippen molar-refractivity contribution in [3.8, 4) is 0 Å². The Hall–Kier alpha value is -4.63. The first-order chi connectivity index (χ1) is 31.6. The minimum Gasteiger partial charge on any atom is -0.456 e. The van der Waals surface area contributed by atoms with Crippen molar-refractivity contribution < 1.29 is 83.0 Å². The van der Waals surface area contributed by atoms with Crippen LogP contribution < -0.4 is 5.32 Å². The number of carbonyl (C=O) groups excluding carboxylic acids is 5.